The van der Waals surface area contributed by atoms with Gasteiger partial charge in [-0.2, -0.15) is 0 Å². The van der Waals surface area contributed by atoms with Crippen LogP contribution >= 0.6 is 0 Å². The summed E-state index contributed by atoms with van der Waals surface area (Å²) in [6, 6.07) is 0.541. The highest BCUT2D eigenvalue weighted by Gasteiger charge is 2.38. The van der Waals surface area contributed by atoms with Gasteiger partial charge in [-0.05, 0) is 45.3 Å². The van der Waals surface area contributed by atoms with Gasteiger partial charge in [-0.1, -0.05) is 13.8 Å². The van der Waals surface area contributed by atoms with Crippen LogP contribution in [0.5, 0.6) is 0 Å². The summed E-state index contributed by atoms with van der Waals surface area (Å²) in [5.74, 6) is 0.933. The zero-order valence-electron chi connectivity index (χ0n) is 12.0. The largest absolute Gasteiger partial charge is 0.338 e. The fourth-order valence-corrected chi connectivity index (χ4v) is 3.34. The van der Waals surface area contributed by atoms with E-state index in [1.54, 1.807) is 0 Å². The molecule has 4 heteroatoms. The van der Waals surface area contributed by atoms with Crippen molar-refractivity contribution in [2.24, 2.45) is 5.92 Å². The van der Waals surface area contributed by atoms with Crippen molar-refractivity contribution in [3.63, 3.8) is 0 Å². The summed E-state index contributed by atoms with van der Waals surface area (Å²) in [7, 11) is 2.17. The first-order valence-corrected chi connectivity index (χ1v) is 7.36. The third-order valence-electron chi connectivity index (χ3n) is 4.34. The van der Waals surface area contributed by atoms with E-state index in [1.165, 1.54) is 0 Å². The van der Waals surface area contributed by atoms with Crippen LogP contribution in [-0.4, -0.2) is 61.0 Å². The molecule has 18 heavy (non-hydrogen) atoms. The molecular formula is C14H27N3O. The van der Waals surface area contributed by atoms with E-state index in [-0.39, 0.29) is 6.04 Å². The zero-order chi connectivity index (χ0) is 13.1. The molecule has 104 valence electrons. The van der Waals surface area contributed by atoms with Crippen molar-refractivity contribution in [3.05, 3.63) is 0 Å². The monoisotopic (exact) mass is 253 g/mol. The Kier molecular flexibility index (Phi) is 4.62. The first-order chi connectivity index (χ1) is 8.63. The summed E-state index contributed by atoms with van der Waals surface area (Å²) < 4.78 is 0. The third-order valence-corrected chi connectivity index (χ3v) is 4.34. The lowest BCUT2D eigenvalue weighted by molar-refractivity contribution is -0.133. The maximum Gasteiger partial charge on any atom is 0.240 e. The molecular weight excluding hydrogens is 226 g/mol. The molecule has 1 amide bonds. The van der Waals surface area contributed by atoms with E-state index < -0.39 is 0 Å². The van der Waals surface area contributed by atoms with Gasteiger partial charge in [0, 0.05) is 19.1 Å². The van der Waals surface area contributed by atoms with Gasteiger partial charge in [0.2, 0.25) is 5.91 Å². The van der Waals surface area contributed by atoms with E-state index in [0.29, 0.717) is 17.9 Å². The number of piperidine rings is 1. The fraction of sp³-hybridized carbons (Fsp3) is 0.929. The maximum atomic E-state index is 12.4. The summed E-state index contributed by atoms with van der Waals surface area (Å²) in [5.41, 5.74) is 0. The van der Waals surface area contributed by atoms with Crippen LogP contribution in [0.15, 0.2) is 0 Å². The van der Waals surface area contributed by atoms with Gasteiger partial charge in [0.1, 0.15) is 0 Å². The maximum absolute atomic E-state index is 12.4. The summed E-state index contributed by atoms with van der Waals surface area (Å²) in [6.07, 6.45) is 3.20. The number of nitrogens with one attached hydrogen (secondary N) is 1. The highest BCUT2D eigenvalue weighted by atomic mass is 16.2. The molecule has 2 saturated heterocycles. The molecule has 0 aliphatic carbocycles. The van der Waals surface area contributed by atoms with Crippen LogP contribution in [0.25, 0.3) is 0 Å². The lowest BCUT2D eigenvalue weighted by atomic mass is 9.93. The normalized spacial score (nSPS) is 34.3. The van der Waals surface area contributed by atoms with E-state index in [9.17, 15) is 4.79 Å². The Labute approximate surface area is 111 Å². The molecule has 0 spiro atoms. The molecule has 2 heterocycles. The molecule has 0 aromatic rings. The minimum Gasteiger partial charge on any atom is -0.338 e. The second kappa shape index (κ2) is 6.02. The van der Waals surface area contributed by atoms with Crippen molar-refractivity contribution in [2.45, 2.75) is 45.2 Å². The molecule has 4 nitrogen and oxygen atoms in total. The van der Waals surface area contributed by atoms with Crippen LogP contribution in [0.1, 0.15) is 33.1 Å². The Balaban J connectivity index is 1.92. The van der Waals surface area contributed by atoms with Crippen LogP contribution in [0, 0.1) is 5.92 Å². The molecule has 0 bridgehead atoms. The highest BCUT2D eigenvalue weighted by molar-refractivity contribution is 5.84. The van der Waals surface area contributed by atoms with Gasteiger partial charge in [0.25, 0.3) is 0 Å². The third kappa shape index (κ3) is 2.86. The Hall–Kier alpha value is -0.610. The lowest BCUT2D eigenvalue weighted by Gasteiger charge is -2.40. The zero-order valence-corrected chi connectivity index (χ0v) is 12.0. The minimum atomic E-state index is 0.0804. The Bertz CT molecular complexity index is 295. The summed E-state index contributed by atoms with van der Waals surface area (Å²) >= 11 is 0. The SMILES string of the molecule is CCCNC1CCN(C2CCN(C)CC2C)C1=O. The molecule has 0 aromatic heterocycles. The number of rotatable bonds is 4. The Morgan fingerprint density at radius 3 is 2.78 bits per heavy atom. The number of likely N-dealkylation sites (tertiary alicyclic amines) is 2. The van der Waals surface area contributed by atoms with Crippen LogP contribution < -0.4 is 5.32 Å². The average molecular weight is 253 g/mol. The van der Waals surface area contributed by atoms with Crippen molar-refractivity contribution >= 4 is 5.91 Å². The van der Waals surface area contributed by atoms with Crippen molar-refractivity contribution in [2.75, 3.05) is 33.2 Å². The van der Waals surface area contributed by atoms with Crippen molar-refractivity contribution in [1.82, 2.24) is 15.1 Å². The van der Waals surface area contributed by atoms with Crippen LogP contribution in [0.3, 0.4) is 0 Å². The number of amides is 1. The molecule has 0 aromatic carbocycles. The number of nitrogens with zero attached hydrogens (tertiary/aromatic N) is 2. The van der Waals surface area contributed by atoms with Gasteiger partial charge >= 0.3 is 0 Å². The molecule has 3 unspecified atom stereocenters. The smallest absolute Gasteiger partial charge is 0.240 e. The van der Waals surface area contributed by atoms with Crippen LogP contribution in [-0.2, 0) is 4.79 Å². The van der Waals surface area contributed by atoms with Gasteiger partial charge in [-0.3, -0.25) is 4.79 Å². The van der Waals surface area contributed by atoms with Gasteiger partial charge in [0.05, 0.1) is 6.04 Å². The molecule has 0 saturated carbocycles. The molecule has 3 atom stereocenters. The molecule has 1 N–H and O–H groups in total. The van der Waals surface area contributed by atoms with Crippen molar-refractivity contribution < 1.29 is 4.79 Å². The molecule has 2 aliphatic heterocycles. The molecule has 0 radical (unpaired) electrons. The van der Waals surface area contributed by atoms with Crippen LogP contribution in [0.2, 0.25) is 0 Å². The Morgan fingerprint density at radius 1 is 1.33 bits per heavy atom. The quantitative estimate of drug-likeness (QED) is 0.809. The van der Waals surface area contributed by atoms with Gasteiger partial charge in [0.15, 0.2) is 0 Å². The Morgan fingerprint density at radius 2 is 2.11 bits per heavy atom. The molecule has 2 aliphatic rings. The van der Waals surface area contributed by atoms with Gasteiger partial charge < -0.3 is 15.1 Å². The second-order valence-corrected chi connectivity index (χ2v) is 5.92. The number of carbonyl (C=O) groups excluding carboxylic acids is 1. The van der Waals surface area contributed by atoms with Crippen LogP contribution in [0.4, 0.5) is 0 Å². The summed E-state index contributed by atoms with van der Waals surface area (Å²) in [4.78, 5) is 16.9. The number of hydrogen-bond donors (Lipinski definition) is 1. The van der Waals surface area contributed by atoms with E-state index in [4.69, 9.17) is 0 Å². The number of carbonyl (C=O) groups is 1. The van der Waals surface area contributed by atoms with E-state index in [2.05, 4.69) is 36.0 Å². The first kappa shape index (κ1) is 13.8. The molecule has 2 rings (SSSR count). The minimum absolute atomic E-state index is 0.0804. The lowest BCUT2D eigenvalue weighted by Crippen LogP contribution is -2.51. The van der Waals surface area contributed by atoms with Crippen molar-refractivity contribution in [3.8, 4) is 0 Å². The number of hydrogen-bond acceptors (Lipinski definition) is 3. The fourth-order valence-electron chi connectivity index (χ4n) is 3.34. The first-order valence-electron chi connectivity index (χ1n) is 7.36. The predicted octanol–water partition coefficient (Wildman–Crippen LogP) is 0.927. The molecule has 2 fully saturated rings. The van der Waals surface area contributed by atoms with Gasteiger partial charge in [-0.15, -0.1) is 0 Å². The summed E-state index contributed by atoms with van der Waals surface area (Å²) in [6.45, 7) is 8.54. The second-order valence-electron chi connectivity index (χ2n) is 5.92. The van der Waals surface area contributed by atoms with E-state index in [0.717, 1.165) is 45.4 Å². The van der Waals surface area contributed by atoms with Crippen molar-refractivity contribution in [1.29, 1.82) is 0 Å². The highest BCUT2D eigenvalue weighted by Crippen LogP contribution is 2.25. The van der Waals surface area contributed by atoms with Gasteiger partial charge in [-0.25, -0.2) is 0 Å². The standard InChI is InChI=1S/C14H27N3O/c1-4-7-15-12-5-9-17(14(12)18)13-6-8-16(3)10-11(13)2/h11-13,15H,4-10H2,1-3H3. The van der Waals surface area contributed by atoms with E-state index >= 15 is 0 Å². The average Bonchev–Trinajstić information content (AvgIpc) is 2.68. The predicted molar refractivity (Wildman–Crippen MR) is 73.5 cm³/mol. The van der Waals surface area contributed by atoms with E-state index in [1.807, 2.05) is 0 Å². The summed E-state index contributed by atoms with van der Waals surface area (Å²) in [5, 5.41) is 3.37. The topological polar surface area (TPSA) is 35.6 Å².